The third-order valence-electron chi connectivity index (χ3n) is 3.59. The molecule has 2 N–H and O–H groups in total. The highest BCUT2D eigenvalue weighted by molar-refractivity contribution is 6.08. The van der Waals surface area contributed by atoms with E-state index in [0.717, 1.165) is 11.3 Å². The van der Waals surface area contributed by atoms with Crippen LogP contribution in [0.5, 0.6) is 11.5 Å². The quantitative estimate of drug-likeness (QED) is 0.755. The van der Waals surface area contributed by atoms with Gasteiger partial charge in [0, 0.05) is 17.3 Å². The number of anilines is 1. The second kappa shape index (κ2) is 6.87. The summed E-state index contributed by atoms with van der Waals surface area (Å²) in [5, 5.41) is 9.72. The van der Waals surface area contributed by atoms with Gasteiger partial charge in [-0.3, -0.25) is 9.89 Å². The highest BCUT2D eigenvalue weighted by Crippen LogP contribution is 2.25. The summed E-state index contributed by atoms with van der Waals surface area (Å²) in [5.74, 6) is 1.18. The first-order valence-corrected chi connectivity index (χ1v) is 7.34. The number of amides is 1. The number of H-pyrrole nitrogens is 1. The molecule has 1 heterocycles. The second-order valence-electron chi connectivity index (χ2n) is 5.07. The average Bonchev–Trinajstić information content (AvgIpc) is 3.12. The largest absolute Gasteiger partial charge is 0.497 e. The predicted octanol–water partition coefficient (Wildman–Crippen LogP) is 3.35. The van der Waals surface area contributed by atoms with Crippen molar-refractivity contribution in [2.24, 2.45) is 0 Å². The lowest BCUT2D eigenvalue weighted by Crippen LogP contribution is -2.12. The molecule has 24 heavy (non-hydrogen) atoms. The molecule has 6 nitrogen and oxygen atoms in total. The van der Waals surface area contributed by atoms with Crippen LogP contribution in [0.1, 0.15) is 10.4 Å². The lowest BCUT2D eigenvalue weighted by Gasteiger charge is -2.08. The van der Waals surface area contributed by atoms with E-state index in [2.05, 4.69) is 15.5 Å². The van der Waals surface area contributed by atoms with E-state index >= 15 is 0 Å². The maximum Gasteiger partial charge on any atom is 0.259 e. The summed E-state index contributed by atoms with van der Waals surface area (Å²) >= 11 is 0. The van der Waals surface area contributed by atoms with Crippen LogP contribution in [0.15, 0.2) is 54.7 Å². The zero-order chi connectivity index (χ0) is 16.9. The Labute approximate surface area is 139 Å². The number of carbonyl (C=O) groups excluding carboxylic acids is 1. The Morgan fingerprint density at radius 1 is 1.04 bits per heavy atom. The van der Waals surface area contributed by atoms with Crippen molar-refractivity contribution >= 4 is 11.6 Å². The van der Waals surface area contributed by atoms with Crippen molar-refractivity contribution in [3.05, 3.63) is 60.3 Å². The molecule has 0 radical (unpaired) electrons. The Morgan fingerprint density at radius 2 is 1.79 bits per heavy atom. The monoisotopic (exact) mass is 323 g/mol. The number of hydrogen-bond acceptors (Lipinski definition) is 4. The predicted molar refractivity (Wildman–Crippen MR) is 91.5 cm³/mol. The smallest absolute Gasteiger partial charge is 0.259 e. The van der Waals surface area contributed by atoms with Crippen molar-refractivity contribution in [3.8, 4) is 22.8 Å². The Hall–Kier alpha value is -3.28. The molecule has 0 aliphatic carbocycles. The van der Waals surface area contributed by atoms with E-state index < -0.39 is 0 Å². The van der Waals surface area contributed by atoms with Crippen LogP contribution in [-0.2, 0) is 0 Å². The van der Waals surface area contributed by atoms with Crippen LogP contribution >= 0.6 is 0 Å². The van der Waals surface area contributed by atoms with Crippen LogP contribution < -0.4 is 14.8 Å². The lowest BCUT2D eigenvalue weighted by molar-refractivity contribution is 0.102. The van der Waals surface area contributed by atoms with Gasteiger partial charge >= 0.3 is 0 Å². The van der Waals surface area contributed by atoms with Crippen molar-refractivity contribution in [1.29, 1.82) is 0 Å². The zero-order valence-electron chi connectivity index (χ0n) is 13.4. The number of nitrogens with zero attached hydrogens (tertiary/aromatic N) is 1. The summed E-state index contributed by atoms with van der Waals surface area (Å²) in [6.07, 6.45) is 1.51. The lowest BCUT2D eigenvalue weighted by atomic mass is 10.1. The van der Waals surface area contributed by atoms with E-state index in [-0.39, 0.29) is 5.91 Å². The van der Waals surface area contributed by atoms with E-state index in [9.17, 15) is 4.79 Å². The standard InChI is InChI=1S/C18H17N3O3/c1-23-14-8-6-12(7-9-14)17-16(11-19-21-17)18(22)20-13-4-3-5-15(10-13)24-2/h3-11H,1-2H3,(H,19,21)(H,20,22). The van der Waals surface area contributed by atoms with Gasteiger partial charge in [-0.1, -0.05) is 6.07 Å². The topological polar surface area (TPSA) is 76.2 Å². The molecule has 0 fully saturated rings. The second-order valence-corrected chi connectivity index (χ2v) is 5.07. The normalized spacial score (nSPS) is 10.2. The van der Waals surface area contributed by atoms with Crippen LogP contribution in [0.4, 0.5) is 5.69 Å². The van der Waals surface area contributed by atoms with Crippen LogP contribution in [0.2, 0.25) is 0 Å². The Kier molecular flexibility index (Phi) is 4.47. The van der Waals surface area contributed by atoms with Gasteiger partial charge in [0.2, 0.25) is 0 Å². The number of aromatic amines is 1. The number of ether oxygens (including phenoxy) is 2. The maximum atomic E-state index is 12.6. The molecule has 3 rings (SSSR count). The number of hydrogen-bond donors (Lipinski definition) is 2. The van der Waals surface area contributed by atoms with Crippen molar-refractivity contribution in [2.45, 2.75) is 0 Å². The van der Waals surface area contributed by atoms with Crippen LogP contribution in [0, 0.1) is 0 Å². The molecule has 2 aromatic carbocycles. The molecule has 0 spiro atoms. The molecule has 0 bridgehead atoms. The van der Waals surface area contributed by atoms with Gasteiger partial charge in [0.25, 0.3) is 5.91 Å². The fraction of sp³-hybridized carbons (Fsp3) is 0.111. The third-order valence-corrected chi connectivity index (χ3v) is 3.59. The van der Waals surface area contributed by atoms with Crippen LogP contribution in [-0.4, -0.2) is 30.3 Å². The molecule has 0 unspecified atom stereocenters. The van der Waals surface area contributed by atoms with Crippen LogP contribution in [0.25, 0.3) is 11.3 Å². The Balaban J connectivity index is 1.84. The summed E-state index contributed by atoms with van der Waals surface area (Å²) in [4.78, 5) is 12.6. The van der Waals surface area contributed by atoms with Gasteiger partial charge in [0.05, 0.1) is 31.7 Å². The first kappa shape index (κ1) is 15.6. The van der Waals surface area contributed by atoms with E-state index in [1.165, 1.54) is 6.20 Å². The SMILES string of the molecule is COc1ccc(-c2[nH]ncc2C(=O)Nc2cccc(OC)c2)cc1. The number of nitrogens with one attached hydrogen (secondary N) is 2. The minimum atomic E-state index is -0.247. The van der Waals surface area contributed by atoms with Gasteiger partial charge in [-0.25, -0.2) is 0 Å². The van der Waals surface area contributed by atoms with Gasteiger partial charge in [-0.2, -0.15) is 5.10 Å². The maximum absolute atomic E-state index is 12.6. The van der Waals surface area contributed by atoms with Crippen molar-refractivity contribution in [2.75, 3.05) is 19.5 Å². The molecule has 1 amide bonds. The van der Waals surface area contributed by atoms with Gasteiger partial charge in [0.1, 0.15) is 11.5 Å². The number of carbonyl (C=O) groups is 1. The first-order valence-electron chi connectivity index (χ1n) is 7.34. The molecule has 0 saturated heterocycles. The summed E-state index contributed by atoms with van der Waals surface area (Å²) in [6, 6.07) is 14.6. The Morgan fingerprint density at radius 3 is 2.50 bits per heavy atom. The molecule has 0 aliphatic heterocycles. The number of methoxy groups -OCH3 is 2. The summed E-state index contributed by atoms with van der Waals surface area (Å²) in [6.45, 7) is 0. The van der Waals surface area contributed by atoms with E-state index in [1.54, 1.807) is 26.4 Å². The molecule has 1 aromatic heterocycles. The Bertz CT molecular complexity index is 841. The minimum absolute atomic E-state index is 0.247. The van der Waals surface area contributed by atoms with E-state index in [1.807, 2.05) is 36.4 Å². The molecule has 0 aliphatic rings. The highest BCUT2D eigenvalue weighted by atomic mass is 16.5. The van der Waals surface area contributed by atoms with E-state index in [0.29, 0.717) is 22.7 Å². The molecule has 0 atom stereocenters. The van der Waals surface area contributed by atoms with Crippen molar-refractivity contribution in [3.63, 3.8) is 0 Å². The van der Waals surface area contributed by atoms with Crippen molar-refractivity contribution < 1.29 is 14.3 Å². The minimum Gasteiger partial charge on any atom is -0.497 e. The molecule has 3 aromatic rings. The van der Waals surface area contributed by atoms with Crippen molar-refractivity contribution in [1.82, 2.24) is 10.2 Å². The van der Waals surface area contributed by atoms with Crippen LogP contribution in [0.3, 0.4) is 0 Å². The number of rotatable bonds is 5. The molecular weight excluding hydrogens is 306 g/mol. The number of aromatic nitrogens is 2. The zero-order valence-corrected chi connectivity index (χ0v) is 13.4. The summed E-state index contributed by atoms with van der Waals surface area (Å²) in [7, 11) is 3.19. The third kappa shape index (κ3) is 3.22. The van der Waals surface area contributed by atoms with Gasteiger partial charge < -0.3 is 14.8 Å². The van der Waals surface area contributed by atoms with Gasteiger partial charge in [0.15, 0.2) is 0 Å². The molecule has 6 heteroatoms. The highest BCUT2D eigenvalue weighted by Gasteiger charge is 2.15. The fourth-order valence-corrected chi connectivity index (χ4v) is 2.34. The molecule has 122 valence electrons. The van der Waals surface area contributed by atoms with Gasteiger partial charge in [-0.05, 0) is 36.4 Å². The fourth-order valence-electron chi connectivity index (χ4n) is 2.34. The molecule has 0 saturated carbocycles. The summed E-state index contributed by atoms with van der Waals surface area (Å²) in [5.41, 5.74) is 2.62. The first-order chi connectivity index (χ1) is 11.7. The summed E-state index contributed by atoms with van der Waals surface area (Å²) < 4.78 is 10.3. The molecular formula is C18H17N3O3. The van der Waals surface area contributed by atoms with E-state index in [4.69, 9.17) is 9.47 Å². The number of benzene rings is 2. The van der Waals surface area contributed by atoms with Gasteiger partial charge in [-0.15, -0.1) is 0 Å². The average molecular weight is 323 g/mol.